The molecule has 0 aliphatic carbocycles. The summed E-state index contributed by atoms with van der Waals surface area (Å²) in [7, 11) is 0. The van der Waals surface area contributed by atoms with Gasteiger partial charge in [-0.1, -0.05) is 51.1 Å². The summed E-state index contributed by atoms with van der Waals surface area (Å²) in [5, 5.41) is 38.5. The number of benzene rings is 2. The Bertz CT molecular complexity index is 1590. The minimum absolute atomic E-state index is 0.0231. The molecule has 0 saturated heterocycles. The number of aromatic nitrogens is 1. The number of aliphatic carboxylic acids is 2. The van der Waals surface area contributed by atoms with E-state index in [9.17, 15) is 38.2 Å². The summed E-state index contributed by atoms with van der Waals surface area (Å²) in [5.41, 5.74) is 12.6. The predicted octanol–water partition coefficient (Wildman–Crippen LogP) is 2.48. The summed E-state index contributed by atoms with van der Waals surface area (Å²) in [6.45, 7) is 7.24. The molecule has 0 radical (unpaired) electrons. The zero-order valence-electron chi connectivity index (χ0n) is 28.6. The molecular formula is C35H47F2N5O8. The lowest BCUT2D eigenvalue weighted by Crippen LogP contribution is -2.58. The predicted molar refractivity (Wildman–Crippen MR) is 181 cm³/mol. The fourth-order valence-electron chi connectivity index (χ4n) is 5.41. The monoisotopic (exact) mass is 703 g/mol. The van der Waals surface area contributed by atoms with Crippen LogP contribution in [0.1, 0.15) is 57.8 Å². The number of amides is 2. The molecular weight excluding hydrogens is 656 g/mol. The fourth-order valence-corrected chi connectivity index (χ4v) is 5.41. The molecule has 1 heterocycles. The van der Waals surface area contributed by atoms with Gasteiger partial charge in [-0.05, 0) is 55.1 Å². The van der Waals surface area contributed by atoms with Crippen LogP contribution in [-0.4, -0.2) is 91.5 Å². The Morgan fingerprint density at radius 2 is 1.54 bits per heavy atom. The van der Waals surface area contributed by atoms with Crippen LogP contribution in [0, 0.1) is 17.0 Å². The highest BCUT2D eigenvalue weighted by atomic mass is 19.1. The first kappa shape index (κ1) is 41.5. The smallest absolute Gasteiger partial charge is 0.326 e. The van der Waals surface area contributed by atoms with Crippen molar-refractivity contribution in [1.29, 1.82) is 0 Å². The molecule has 50 heavy (non-hydrogen) atoms. The largest absolute Gasteiger partial charge is 0.480 e. The standard InChI is InChI=1S/C33H41F2N5O6.C2H6O2/c1-19(36)30(42)40(27(32(45)46)16-28(37)41)25(31(43)44)12-13-38-29(33(2,3)4)26-14-21(23-15-22(34)10-11-24(23)35)18-39(26)17-20-8-6-5-7-9-20;3-1-2-4/h5-11,14-15,18-19,25,27,29,38H,12-13,16-17,36H2,1-4H3,(H2,37,41)(H,43,44)(H,45,46);3-4H,1-2H2/t19-,25-,27-,29-;/m0./s1. The van der Waals surface area contributed by atoms with Gasteiger partial charge in [-0.2, -0.15) is 0 Å². The van der Waals surface area contributed by atoms with E-state index in [1.165, 1.54) is 6.92 Å². The molecule has 0 spiro atoms. The molecule has 9 N–H and O–H groups in total. The van der Waals surface area contributed by atoms with Crippen molar-refractivity contribution in [3.63, 3.8) is 0 Å². The SMILES string of the molecule is C[C@H](N)C(=O)N([C@@H](CCN[C@@H](c1cc(-c2cc(F)ccc2F)cn1Cc1ccccc1)C(C)(C)C)C(=O)O)[C@@H](CC(N)=O)C(=O)O.OCCO. The second-order valence-electron chi connectivity index (χ2n) is 12.8. The molecule has 4 atom stereocenters. The first-order valence-electron chi connectivity index (χ1n) is 15.9. The molecule has 3 aromatic rings. The number of nitrogens with zero attached hydrogens (tertiary/aromatic N) is 2. The van der Waals surface area contributed by atoms with E-state index in [1.807, 2.05) is 55.7 Å². The van der Waals surface area contributed by atoms with Gasteiger partial charge in [0, 0.05) is 29.6 Å². The quantitative estimate of drug-likeness (QED) is 0.116. The first-order chi connectivity index (χ1) is 23.4. The summed E-state index contributed by atoms with van der Waals surface area (Å²) in [5.74, 6) is -6.29. The van der Waals surface area contributed by atoms with E-state index in [-0.39, 0.29) is 31.7 Å². The Morgan fingerprint density at radius 3 is 2.04 bits per heavy atom. The second-order valence-corrected chi connectivity index (χ2v) is 12.8. The summed E-state index contributed by atoms with van der Waals surface area (Å²) < 4.78 is 30.9. The Balaban J connectivity index is 0.00000205. The highest BCUT2D eigenvalue weighted by molar-refractivity contribution is 5.93. The fraction of sp³-hybridized carbons (Fsp3) is 0.429. The Kier molecular flexibility index (Phi) is 15.7. The lowest BCUT2D eigenvalue weighted by molar-refractivity contribution is -0.161. The minimum atomic E-state index is -1.85. The Hall–Kier alpha value is -4.70. The third-order valence-electron chi connectivity index (χ3n) is 7.67. The number of rotatable bonds is 16. The number of primary amides is 1. The normalized spacial score (nSPS) is 13.7. The van der Waals surface area contributed by atoms with E-state index < -0.39 is 71.4 Å². The van der Waals surface area contributed by atoms with Crippen molar-refractivity contribution in [2.75, 3.05) is 19.8 Å². The highest BCUT2D eigenvalue weighted by Gasteiger charge is 2.41. The van der Waals surface area contributed by atoms with Gasteiger partial charge in [0.1, 0.15) is 23.7 Å². The first-order valence-corrected chi connectivity index (χ1v) is 15.9. The number of hydrogen-bond donors (Lipinski definition) is 7. The molecule has 0 saturated carbocycles. The minimum Gasteiger partial charge on any atom is -0.480 e. The molecule has 0 bridgehead atoms. The summed E-state index contributed by atoms with van der Waals surface area (Å²) in [6, 6.07) is 9.21. The van der Waals surface area contributed by atoms with Crippen LogP contribution in [0.3, 0.4) is 0 Å². The molecule has 0 fully saturated rings. The van der Waals surface area contributed by atoms with E-state index in [2.05, 4.69) is 5.32 Å². The van der Waals surface area contributed by atoms with E-state index in [0.717, 1.165) is 23.8 Å². The number of halogens is 2. The molecule has 1 aromatic heterocycles. The van der Waals surface area contributed by atoms with E-state index in [1.54, 1.807) is 12.3 Å². The number of nitrogens with one attached hydrogen (secondary N) is 1. The number of carboxylic acid groups (broad SMARTS) is 2. The number of carbonyl (C=O) groups is 4. The lowest BCUT2D eigenvalue weighted by Gasteiger charge is -2.36. The summed E-state index contributed by atoms with van der Waals surface area (Å²) in [4.78, 5) is 49.9. The number of aliphatic hydroxyl groups excluding tert-OH is 2. The van der Waals surface area contributed by atoms with Crippen LogP contribution in [0.2, 0.25) is 0 Å². The van der Waals surface area contributed by atoms with Gasteiger partial charge >= 0.3 is 11.9 Å². The van der Waals surface area contributed by atoms with Crippen LogP contribution in [0.25, 0.3) is 11.1 Å². The molecule has 274 valence electrons. The molecule has 0 unspecified atom stereocenters. The molecule has 2 aromatic carbocycles. The van der Waals surface area contributed by atoms with Crippen molar-refractivity contribution < 1.29 is 48.4 Å². The lowest BCUT2D eigenvalue weighted by atomic mass is 9.84. The van der Waals surface area contributed by atoms with Gasteiger partial charge < -0.3 is 46.7 Å². The average molecular weight is 704 g/mol. The molecule has 3 rings (SSSR count). The number of nitrogens with two attached hydrogens (primary N) is 2. The molecule has 13 nitrogen and oxygen atoms in total. The van der Waals surface area contributed by atoms with Gasteiger partial charge in [0.05, 0.1) is 31.7 Å². The van der Waals surface area contributed by atoms with E-state index in [4.69, 9.17) is 21.7 Å². The summed E-state index contributed by atoms with van der Waals surface area (Å²) in [6.07, 6.45) is 0.667. The van der Waals surface area contributed by atoms with Crippen molar-refractivity contribution >= 4 is 23.8 Å². The van der Waals surface area contributed by atoms with Crippen molar-refractivity contribution in [2.24, 2.45) is 16.9 Å². The Morgan fingerprint density at radius 1 is 0.940 bits per heavy atom. The van der Waals surface area contributed by atoms with Crippen molar-refractivity contribution in [1.82, 2.24) is 14.8 Å². The number of carbonyl (C=O) groups excluding carboxylic acids is 2. The van der Waals surface area contributed by atoms with Crippen LogP contribution in [-0.2, 0) is 25.7 Å². The maximum Gasteiger partial charge on any atom is 0.326 e. The van der Waals surface area contributed by atoms with Crippen molar-refractivity contribution in [3.8, 4) is 11.1 Å². The van der Waals surface area contributed by atoms with Gasteiger partial charge in [0.15, 0.2) is 0 Å². The van der Waals surface area contributed by atoms with Gasteiger partial charge in [-0.3, -0.25) is 9.59 Å². The van der Waals surface area contributed by atoms with Crippen LogP contribution < -0.4 is 16.8 Å². The van der Waals surface area contributed by atoms with Crippen molar-refractivity contribution in [3.05, 3.63) is 83.7 Å². The molecule has 0 aliphatic heterocycles. The maximum absolute atomic E-state index is 14.9. The topological polar surface area (TPSA) is 221 Å². The molecule has 2 amide bonds. The Labute approximate surface area is 289 Å². The van der Waals surface area contributed by atoms with Crippen LogP contribution >= 0.6 is 0 Å². The van der Waals surface area contributed by atoms with Gasteiger partial charge in [-0.15, -0.1) is 0 Å². The number of hydrogen-bond acceptors (Lipinski definition) is 8. The average Bonchev–Trinajstić information content (AvgIpc) is 3.44. The zero-order chi connectivity index (χ0) is 37.8. The summed E-state index contributed by atoms with van der Waals surface area (Å²) >= 11 is 0. The maximum atomic E-state index is 14.9. The molecule has 0 aliphatic rings. The second kappa shape index (κ2) is 18.9. The molecule has 15 heteroatoms. The third kappa shape index (κ3) is 11.7. The van der Waals surface area contributed by atoms with E-state index >= 15 is 0 Å². The van der Waals surface area contributed by atoms with Crippen LogP contribution in [0.5, 0.6) is 0 Å². The van der Waals surface area contributed by atoms with Gasteiger partial charge in [0.2, 0.25) is 11.8 Å². The van der Waals surface area contributed by atoms with Crippen LogP contribution in [0.4, 0.5) is 8.78 Å². The van der Waals surface area contributed by atoms with E-state index in [0.29, 0.717) is 22.7 Å². The zero-order valence-corrected chi connectivity index (χ0v) is 28.6. The number of aliphatic hydroxyl groups is 2. The van der Waals surface area contributed by atoms with Crippen molar-refractivity contribution in [2.45, 2.75) is 71.2 Å². The third-order valence-corrected chi connectivity index (χ3v) is 7.67. The van der Waals surface area contributed by atoms with Gasteiger partial charge in [-0.25, -0.2) is 18.4 Å². The highest BCUT2D eigenvalue weighted by Crippen LogP contribution is 2.37. The van der Waals surface area contributed by atoms with Gasteiger partial charge in [0.25, 0.3) is 0 Å². The number of carboxylic acids is 2. The van der Waals surface area contributed by atoms with Crippen LogP contribution in [0.15, 0.2) is 60.8 Å².